The fourth-order valence-corrected chi connectivity index (χ4v) is 2.42. The van der Waals surface area contributed by atoms with E-state index in [0.717, 1.165) is 29.7 Å². The van der Waals surface area contributed by atoms with Crippen LogP contribution in [-0.2, 0) is 13.0 Å². The van der Waals surface area contributed by atoms with Gasteiger partial charge in [0.1, 0.15) is 5.82 Å². The van der Waals surface area contributed by atoms with Crippen molar-refractivity contribution >= 4 is 11.0 Å². The Morgan fingerprint density at radius 2 is 2.00 bits per heavy atom. The summed E-state index contributed by atoms with van der Waals surface area (Å²) < 4.78 is 7.48. The molecule has 5 nitrogen and oxygen atoms in total. The molecule has 5 heteroatoms. The highest BCUT2D eigenvalue weighted by atomic mass is 16.5. The molecule has 2 heterocycles. The fourth-order valence-electron chi connectivity index (χ4n) is 2.42. The van der Waals surface area contributed by atoms with Crippen LogP contribution in [0.25, 0.3) is 11.0 Å². The van der Waals surface area contributed by atoms with Crippen LogP contribution in [0.3, 0.4) is 0 Å². The summed E-state index contributed by atoms with van der Waals surface area (Å²) in [6.45, 7) is 6.86. The number of hydrogen-bond donors (Lipinski definition) is 0. The van der Waals surface area contributed by atoms with Crippen LogP contribution in [0, 0.1) is 0 Å². The van der Waals surface area contributed by atoms with Gasteiger partial charge in [0.15, 0.2) is 5.82 Å². The molecule has 0 fully saturated rings. The second kappa shape index (κ2) is 5.68. The molecule has 0 N–H and O–H groups in total. The van der Waals surface area contributed by atoms with E-state index in [1.807, 2.05) is 32.0 Å². The van der Waals surface area contributed by atoms with E-state index in [2.05, 4.69) is 27.7 Å². The number of para-hydroxylation sites is 2. The van der Waals surface area contributed by atoms with Crippen molar-refractivity contribution in [3.05, 3.63) is 41.8 Å². The van der Waals surface area contributed by atoms with Crippen LogP contribution in [0.15, 0.2) is 28.8 Å². The number of nitrogens with zero attached hydrogens (tertiary/aromatic N) is 4. The molecular formula is C16H20N4O. The van der Waals surface area contributed by atoms with Gasteiger partial charge < -0.3 is 9.09 Å². The third kappa shape index (κ3) is 2.68. The Kier molecular flexibility index (Phi) is 3.73. The Hall–Kier alpha value is -2.17. The van der Waals surface area contributed by atoms with Gasteiger partial charge in [0, 0.05) is 12.3 Å². The van der Waals surface area contributed by atoms with E-state index in [4.69, 9.17) is 9.51 Å². The fraction of sp³-hybridized carbons (Fsp3) is 0.438. The van der Waals surface area contributed by atoms with Gasteiger partial charge in [-0.15, -0.1) is 0 Å². The summed E-state index contributed by atoms with van der Waals surface area (Å²) in [5.74, 6) is 2.72. The minimum absolute atomic E-state index is 0.251. The van der Waals surface area contributed by atoms with Crippen LogP contribution in [0.2, 0.25) is 0 Å². The lowest BCUT2D eigenvalue weighted by molar-refractivity contribution is 0.360. The third-order valence-corrected chi connectivity index (χ3v) is 3.48. The van der Waals surface area contributed by atoms with Gasteiger partial charge in [0.2, 0.25) is 5.89 Å². The predicted octanol–water partition coefficient (Wildman–Crippen LogP) is 3.54. The Balaban J connectivity index is 1.99. The van der Waals surface area contributed by atoms with E-state index < -0.39 is 0 Å². The number of imidazole rings is 1. The Morgan fingerprint density at radius 1 is 1.19 bits per heavy atom. The van der Waals surface area contributed by atoms with Crippen molar-refractivity contribution in [1.82, 2.24) is 19.7 Å². The zero-order valence-corrected chi connectivity index (χ0v) is 12.7. The maximum Gasteiger partial charge on any atom is 0.229 e. The quantitative estimate of drug-likeness (QED) is 0.719. The van der Waals surface area contributed by atoms with Crippen LogP contribution in [0.4, 0.5) is 0 Å². The number of fused-ring (bicyclic) bond motifs is 1. The highest BCUT2D eigenvalue weighted by molar-refractivity contribution is 5.76. The topological polar surface area (TPSA) is 56.7 Å². The van der Waals surface area contributed by atoms with Crippen molar-refractivity contribution in [3.63, 3.8) is 0 Å². The molecule has 0 atom stereocenters. The molecule has 0 aliphatic heterocycles. The van der Waals surface area contributed by atoms with Crippen LogP contribution >= 0.6 is 0 Å². The molecule has 0 unspecified atom stereocenters. The lowest BCUT2D eigenvalue weighted by atomic mass is 10.2. The molecule has 1 aromatic carbocycles. The second-order valence-electron chi connectivity index (χ2n) is 5.56. The van der Waals surface area contributed by atoms with Crippen molar-refractivity contribution < 1.29 is 4.52 Å². The third-order valence-electron chi connectivity index (χ3n) is 3.48. The van der Waals surface area contributed by atoms with E-state index >= 15 is 0 Å². The van der Waals surface area contributed by atoms with Gasteiger partial charge in [-0.2, -0.15) is 4.98 Å². The molecule has 0 bridgehead atoms. The molecule has 110 valence electrons. The molecule has 0 spiro atoms. The first-order valence-electron chi connectivity index (χ1n) is 7.45. The van der Waals surface area contributed by atoms with Gasteiger partial charge in [0.05, 0.1) is 17.6 Å². The normalized spacial score (nSPS) is 11.6. The molecule has 0 aliphatic carbocycles. The number of hydrogen-bond acceptors (Lipinski definition) is 4. The average Bonchev–Trinajstić information content (AvgIpc) is 3.06. The van der Waals surface area contributed by atoms with Crippen LogP contribution in [0.5, 0.6) is 0 Å². The van der Waals surface area contributed by atoms with Gasteiger partial charge in [-0.1, -0.05) is 38.1 Å². The minimum Gasteiger partial charge on any atom is -0.339 e. The van der Waals surface area contributed by atoms with Crippen molar-refractivity contribution in [2.75, 3.05) is 0 Å². The van der Waals surface area contributed by atoms with Gasteiger partial charge in [-0.25, -0.2) is 4.98 Å². The SMILES string of the molecule is CCCc1nc2ccccc2n1Cc1noc(C(C)C)n1. The molecule has 0 aliphatic rings. The van der Waals surface area contributed by atoms with Crippen LogP contribution in [0.1, 0.15) is 50.6 Å². The zero-order valence-electron chi connectivity index (χ0n) is 12.7. The van der Waals surface area contributed by atoms with Gasteiger partial charge in [-0.05, 0) is 18.6 Å². The van der Waals surface area contributed by atoms with E-state index in [0.29, 0.717) is 18.3 Å². The second-order valence-corrected chi connectivity index (χ2v) is 5.56. The number of aromatic nitrogens is 4. The summed E-state index contributed by atoms with van der Waals surface area (Å²) in [6, 6.07) is 8.18. The van der Waals surface area contributed by atoms with Gasteiger partial charge >= 0.3 is 0 Å². The summed E-state index contributed by atoms with van der Waals surface area (Å²) in [4.78, 5) is 9.18. The van der Waals surface area contributed by atoms with Crippen molar-refractivity contribution in [1.29, 1.82) is 0 Å². The summed E-state index contributed by atoms with van der Waals surface area (Å²) in [5.41, 5.74) is 2.14. The first-order chi connectivity index (χ1) is 10.2. The highest BCUT2D eigenvalue weighted by Crippen LogP contribution is 2.19. The number of aryl methyl sites for hydroxylation is 1. The first-order valence-corrected chi connectivity index (χ1v) is 7.45. The molecule has 3 rings (SSSR count). The minimum atomic E-state index is 0.251. The molecular weight excluding hydrogens is 264 g/mol. The van der Waals surface area contributed by atoms with Crippen molar-refractivity contribution in [2.24, 2.45) is 0 Å². The number of rotatable bonds is 5. The van der Waals surface area contributed by atoms with Crippen molar-refractivity contribution in [3.8, 4) is 0 Å². The maximum absolute atomic E-state index is 5.29. The van der Waals surface area contributed by atoms with Gasteiger partial charge in [0.25, 0.3) is 0 Å². The monoisotopic (exact) mass is 284 g/mol. The van der Waals surface area contributed by atoms with E-state index in [-0.39, 0.29) is 5.92 Å². The van der Waals surface area contributed by atoms with E-state index in [1.165, 1.54) is 0 Å². The highest BCUT2D eigenvalue weighted by Gasteiger charge is 2.14. The lowest BCUT2D eigenvalue weighted by Gasteiger charge is -2.05. The Morgan fingerprint density at radius 3 is 2.71 bits per heavy atom. The van der Waals surface area contributed by atoms with E-state index in [9.17, 15) is 0 Å². The molecule has 3 aromatic rings. The summed E-state index contributed by atoms with van der Waals surface area (Å²) >= 11 is 0. The Bertz CT molecular complexity index is 742. The van der Waals surface area contributed by atoms with Crippen LogP contribution in [-0.4, -0.2) is 19.7 Å². The summed E-state index contributed by atoms with van der Waals surface area (Å²) in [5, 5.41) is 4.09. The van der Waals surface area contributed by atoms with E-state index in [1.54, 1.807) is 0 Å². The largest absolute Gasteiger partial charge is 0.339 e. The van der Waals surface area contributed by atoms with Crippen molar-refractivity contribution in [2.45, 2.75) is 46.1 Å². The smallest absolute Gasteiger partial charge is 0.229 e. The molecule has 0 saturated carbocycles. The lowest BCUT2D eigenvalue weighted by Crippen LogP contribution is -2.06. The Labute approximate surface area is 124 Å². The number of benzene rings is 1. The standard InChI is InChI=1S/C16H20N4O/c1-4-7-15-17-12-8-5-6-9-13(12)20(15)10-14-18-16(11(2)3)21-19-14/h5-6,8-9,11H,4,7,10H2,1-3H3. The molecule has 2 aromatic heterocycles. The zero-order chi connectivity index (χ0) is 14.8. The average molecular weight is 284 g/mol. The molecule has 0 saturated heterocycles. The first kappa shape index (κ1) is 13.8. The predicted molar refractivity (Wildman–Crippen MR) is 81.2 cm³/mol. The van der Waals surface area contributed by atoms with Crippen LogP contribution < -0.4 is 0 Å². The summed E-state index contributed by atoms with van der Waals surface area (Å²) in [7, 11) is 0. The van der Waals surface area contributed by atoms with Gasteiger partial charge in [-0.3, -0.25) is 0 Å². The molecule has 0 amide bonds. The maximum atomic E-state index is 5.29. The molecule has 0 radical (unpaired) electrons. The summed E-state index contributed by atoms with van der Waals surface area (Å²) in [6.07, 6.45) is 2.01. The molecule has 21 heavy (non-hydrogen) atoms.